The molecule has 14 heavy (non-hydrogen) atoms. The molecule has 0 aliphatic heterocycles. The largest absolute Gasteiger partial charge is 0.250 e. The fourth-order valence-electron chi connectivity index (χ4n) is 1.33. The van der Waals surface area contributed by atoms with E-state index in [1.54, 1.807) is 13.0 Å². The lowest BCUT2D eigenvalue weighted by Crippen LogP contribution is -1.90. The molecule has 0 amide bonds. The predicted octanol–water partition coefficient (Wildman–Crippen LogP) is 3.58. The summed E-state index contributed by atoms with van der Waals surface area (Å²) in [4.78, 5) is 4.01. The lowest BCUT2D eigenvalue weighted by atomic mass is 10.2. The second-order valence-electron chi connectivity index (χ2n) is 3.03. The monoisotopic (exact) mass is 257 g/mol. The summed E-state index contributed by atoms with van der Waals surface area (Å²) in [5.74, 6) is -1.23. The van der Waals surface area contributed by atoms with Gasteiger partial charge < -0.3 is 0 Å². The quantitative estimate of drug-likeness (QED) is 0.703. The Labute approximate surface area is 87.9 Å². The van der Waals surface area contributed by atoms with E-state index < -0.39 is 11.6 Å². The second-order valence-corrected chi connectivity index (χ2v) is 3.88. The minimum absolute atomic E-state index is 0.193. The van der Waals surface area contributed by atoms with Crippen LogP contribution in [0.3, 0.4) is 0 Å². The maximum absolute atomic E-state index is 13.3. The van der Waals surface area contributed by atoms with Gasteiger partial charge in [0, 0.05) is 21.6 Å². The number of halogens is 3. The maximum atomic E-state index is 13.3. The smallest absolute Gasteiger partial charge is 0.152 e. The number of aryl methyl sites for hydroxylation is 1. The molecule has 2 aromatic rings. The molecule has 1 aromatic carbocycles. The highest BCUT2D eigenvalue weighted by Crippen LogP contribution is 2.26. The van der Waals surface area contributed by atoms with Crippen LogP contribution in [0.25, 0.3) is 10.9 Å². The van der Waals surface area contributed by atoms with Crippen molar-refractivity contribution in [1.82, 2.24) is 4.98 Å². The van der Waals surface area contributed by atoms with Gasteiger partial charge in [-0.15, -0.1) is 0 Å². The van der Waals surface area contributed by atoms with E-state index in [0.29, 0.717) is 15.6 Å². The summed E-state index contributed by atoms with van der Waals surface area (Å²) < 4.78 is 26.8. The van der Waals surface area contributed by atoms with Crippen LogP contribution in [0.5, 0.6) is 0 Å². The fourth-order valence-corrected chi connectivity index (χ4v) is 1.96. The Morgan fingerprint density at radius 1 is 1.21 bits per heavy atom. The van der Waals surface area contributed by atoms with Crippen molar-refractivity contribution in [2.45, 2.75) is 6.92 Å². The third-order valence-electron chi connectivity index (χ3n) is 1.91. The van der Waals surface area contributed by atoms with Gasteiger partial charge in [-0.2, -0.15) is 0 Å². The molecule has 0 unspecified atom stereocenters. The molecular formula is C10H6BrF2N. The molecule has 0 saturated heterocycles. The Balaban J connectivity index is 2.94. The summed E-state index contributed by atoms with van der Waals surface area (Å²) in [7, 11) is 0. The Hall–Kier alpha value is -1.03. The van der Waals surface area contributed by atoms with Gasteiger partial charge in [0.05, 0.1) is 0 Å². The third kappa shape index (κ3) is 1.50. The summed E-state index contributed by atoms with van der Waals surface area (Å²) in [6.45, 7) is 1.76. The number of benzene rings is 1. The minimum Gasteiger partial charge on any atom is -0.250 e. The van der Waals surface area contributed by atoms with E-state index in [-0.39, 0.29) is 5.52 Å². The first-order valence-corrected chi connectivity index (χ1v) is 4.79. The molecular weight excluding hydrogens is 252 g/mol. The number of rotatable bonds is 0. The molecule has 0 aliphatic carbocycles. The van der Waals surface area contributed by atoms with Gasteiger partial charge in [0.15, 0.2) is 5.82 Å². The number of hydrogen-bond acceptors (Lipinski definition) is 1. The van der Waals surface area contributed by atoms with E-state index in [1.165, 1.54) is 6.07 Å². The van der Waals surface area contributed by atoms with Crippen LogP contribution >= 0.6 is 15.9 Å². The first-order valence-electron chi connectivity index (χ1n) is 4.00. The topological polar surface area (TPSA) is 12.9 Å². The molecule has 0 radical (unpaired) electrons. The average Bonchev–Trinajstić information content (AvgIpc) is 2.07. The first kappa shape index (κ1) is 9.52. The SMILES string of the molecule is Cc1cc(Br)c2cc(F)cc(F)c2n1. The van der Waals surface area contributed by atoms with Crippen molar-refractivity contribution in [2.24, 2.45) is 0 Å². The van der Waals surface area contributed by atoms with Crippen molar-refractivity contribution >= 4 is 26.8 Å². The van der Waals surface area contributed by atoms with Gasteiger partial charge in [0.25, 0.3) is 0 Å². The van der Waals surface area contributed by atoms with Crippen molar-refractivity contribution in [3.63, 3.8) is 0 Å². The van der Waals surface area contributed by atoms with Gasteiger partial charge in [0.1, 0.15) is 11.3 Å². The van der Waals surface area contributed by atoms with Crippen LogP contribution in [-0.4, -0.2) is 4.98 Å². The second kappa shape index (κ2) is 3.28. The van der Waals surface area contributed by atoms with E-state index in [0.717, 1.165) is 6.07 Å². The van der Waals surface area contributed by atoms with E-state index >= 15 is 0 Å². The summed E-state index contributed by atoms with van der Waals surface area (Å²) in [5.41, 5.74) is 0.883. The predicted molar refractivity (Wildman–Crippen MR) is 54.1 cm³/mol. The van der Waals surface area contributed by atoms with E-state index in [2.05, 4.69) is 20.9 Å². The standard InChI is InChI=1S/C10H6BrF2N/c1-5-2-8(11)7-3-6(12)4-9(13)10(7)14-5/h2-4H,1H3. The highest BCUT2D eigenvalue weighted by atomic mass is 79.9. The van der Waals surface area contributed by atoms with Gasteiger partial charge in [-0.1, -0.05) is 15.9 Å². The van der Waals surface area contributed by atoms with Crippen molar-refractivity contribution < 1.29 is 8.78 Å². The fraction of sp³-hybridized carbons (Fsp3) is 0.100. The highest BCUT2D eigenvalue weighted by Gasteiger charge is 2.08. The minimum atomic E-state index is -0.635. The first-order chi connectivity index (χ1) is 6.58. The van der Waals surface area contributed by atoms with Crippen LogP contribution in [0.15, 0.2) is 22.7 Å². The molecule has 4 heteroatoms. The van der Waals surface area contributed by atoms with Crippen molar-refractivity contribution in [3.05, 3.63) is 40.0 Å². The molecule has 2 rings (SSSR count). The maximum Gasteiger partial charge on any atom is 0.152 e. The molecule has 1 aromatic heterocycles. The van der Waals surface area contributed by atoms with Crippen LogP contribution in [0.1, 0.15) is 5.69 Å². The van der Waals surface area contributed by atoms with E-state index in [9.17, 15) is 8.78 Å². The number of nitrogens with zero attached hydrogens (tertiary/aromatic N) is 1. The Kier molecular flexibility index (Phi) is 2.23. The van der Waals surface area contributed by atoms with Crippen LogP contribution in [-0.2, 0) is 0 Å². The number of hydrogen-bond donors (Lipinski definition) is 0. The van der Waals surface area contributed by atoms with E-state index in [1.807, 2.05) is 0 Å². The molecule has 1 heterocycles. The summed E-state index contributed by atoms with van der Waals surface area (Å²) in [5, 5.41) is 0.452. The normalized spacial score (nSPS) is 10.9. The highest BCUT2D eigenvalue weighted by molar-refractivity contribution is 9.10. The summed E-state index contributed by atoms with van der Waals surface area (Å²) in [6, 6.07) is 3.82. The Bertz CT molecular complexity index is 464. The molecule has 0 spiro atoms. The van der Waals surface area contributed by atoms with Crippen LogP contribution in [0.2, 0.25) is 0 Å². The van der Waals surface area contributed by atoms with Crippen LogP contribution in [0, 0.1) is 18.6 Å². The Morgan fingerprint density at radius 3 is 2.64 bits per heavy atom. The van der Waals surface area contributed by atoms with Gasteiger partial charge in [0.2, 0.25) is 0 Å². The lowest BCUT2D eigenvalue weighted by Gasteiger charge is -2.03. The van der Waals surface area contributed by atoms with Crippen LogP contribution in [0.4, 0.5) is 8.78 Å². The Morgan fingerprint density at radius 2 is 1.93 bits per heavy atom. The molecule has 0 fully saturated rings. The van der Waals surface area contributed by atoms with Gasteiger partial charge in [-0.25, -0.2) is 13.8 Å². The molecule has 0 bridgehead atoms. The third-order valence-corrected chi connectivity index (χ3v) is 2.57. The van der Waals surface area contributed by atoms with Crippen molar-refractivity contribution in [2.75, 3.05) is 0 Å². The molecule has 0 aliphatic rings. The van der Waals surface area contributed by atoms with Crippen molar-refractivity contribution in [1.29, 1.82) is 0 Å². The van der Waals surface area contributed by atoms with Crippen molar-refractivity contribution in [3.8, 4) is 0 Å². The number of pyridine rings is 1. The van der Waals surface area contributed by atoms with Gasteiger partial charge in [-0.05, 0) is 19.1 Å². The van der Waals surface area contributed by atoms with Crippen LogP contribution < -0.4 is 0 Å². The van der Waals surface area contributed by atoms with E-state index in [4.69, 9.17) is 0 Å². The zero-order valence-corrected chi connectivity index (χ0v) is 8.90. The average molecular weight is 258 g/mol. The van der Waals surface area contributed by atoms with Gasteiger partial charge >= 0.3 is 0 Å². The molecule has 72 valence electrons. The zero-order chi connectivity index (χ0) is 10.3. The number of fused-ring (bicyclic) bond motifs is 1. The zero-order valence-electron chi connectivity index (χ0n) is 7.31. The molecule has 0 atom stereocenters. The number of aromatic nitrogens is 1. The molecule has 0 saturated carbocycles. The molecule has 1 nitrogen and oxygen atoms in total. The van der Waals surface area contributed by atoms with Gasteiger partial charge in [-0.3, -0.25) is 0 Å². The summed E-state index contributed by atoms with van der Waals surface area (Å²) >= 11 is 3.24. The lowest BCUT2D eigenvalue weighted by molar-refractivity contribution is 0.590. The summed E-state index contributed by atoms with van der Waals surface area (Å²) in [6.07, 6.45) is 0. The molecule has 0 N–H and O–H groups in total.